The van der Waals surface area contributed by atoms with Crippen LogP contribution in [0.5, 0.6) is 0 Å². The molecule has 0 spiro atoms. The van der Waals surface area contributed by atoms with Crippen molar-refractivity contribution in [3.8, 4) is 0 Å². The van der Waals surface area contributed by atoms with E-state index in [9.17, 15) is 13.6 Å². The van der Waals surface area contributed by atoms with E-state index in [0.29, 0.717) is 32.1 Å². The van der Waals surface area contributed by atoms with Crippen LogP contribution in [-0.4, -0.2) is 47.1 Å². The molecule has 0 bridgehead atoms. The highest BCUT2D eigenvalue weighted by molar-refractivity contribution is 7.19. The van der Waals surface area contributed by atoms with E-state index in [-0.39, 0.29) is 11.7 Å². The first-order valence-electron chi connectivity index (χ1n) is 12.0. The number of fused-ring (bicyclic) bond motifs is 3. The summed E-state index contributed by atoms with van der Waals surface area (Å²) in [6.07, 6.45) is 5.20. The van der Waals surface area contributed by atoms with E-state index in [1.165, 1.54) is 28.3 Å². The van der Waals surface area contributed by atoms with Crippen LogP contribution in [0, 0.1) is 17.6 Å². The summed E-state index contributed by atoms with van der Waals surface area (Å²) < 4.78 is 26.7. The molecular weight excluding hydrogens is 456 g/mol. The average Bonchev–Trinajstić information content (AvgIpc) is 3.18. The van der Waals surface area contributed by atoms with Gasteiger partial charge in [0.15, 0.2) is 11.6 Å². The van der Waals surface area contributed by atoms with Crippen LogP contribution in [0.1, 0.15) is 43.0 Å². The molecule has 5 rings (SSSR count). The molecule has 6 nitrogen and oxygen atoms in total. The number of hydrogen-bond acceptors (Lipinski definition) is 5. The summed E-state index contributed by atoms with van der Waals surface area (Å²) in [5.74, 6) is 0.669. The number of halogens is 2. The van der Waals surface area contributed by atoms with Crippen molar-refractivity contribution in [2.75, 3.05) is 36.4 Å². The average molecular weight is 486 g/mol. The lowest BCUT2D eigenvalue weighted by Crippen LogP contribution is -2.50. The number of carbonyl (C=O) groups is 1. The number of thiophene rings is 1. The quantitative estimate of drug-likeness (QED) is 0.538. The van der Waals surface area contributed by atoms with Crippen molar-refractivity contribution in [1.29, 1.82) is 0 Å². The Morgan fingerprint density at radius 1 is 1.18 bits per heavy atom. The number of hydrogen-bond donors (Lipinski definition) is 1. The maximum atomic E-state index is 13.5. The zero-order chi connectivity index (χ0) is 23.8. The lowest BCUT2D eigenvalue weighted by molar-refractivity contribution is 0.208. The largest absolute Gasteiger partial charge is 0.352 e. The highest BCUT2D eigenvalue weighted by atomic mass is 32.1. The van der Waals surface area contributed by atoms with Crippen LogP contribution in [-0.2, 0) is 19.3 Å². The second-order valence-corrected chi connectivity index (χ2v) is 10.4. The molecule has 1 aliphatic heterocycles. The Labute approximate surface area is 202 Å². The number of aryl methyl sites for hydroxylation is 2. The van der Waals surface area contributed by atoms with Crippen LogP contribution < -0.4 is 10.2 Å². The number of urea groups is 1. The summed E-state index contributed by atoms with van der Waals surface area (Å²) in [7, 11) is 0. The second kappa shape index (κ2) is 9.44. The summed E-state index contributed by atoms with van der Waals surface area (Å²) >= 11 is 1.82. The monoisotopic (exact) mass is 485 g/mol. The van der Waals surface area contributed by atoms with Gasteiger partial charge in [0.2, 0.25) is 0 Å². The van der Waals surface area contributed by atoms with Gasteiger partial charge in [0.05, 0.1) is 5.39 Å². The van der Waals surface area contributed by atoms with Crippen molar-refractivity contribution in [1.82, 2.24) is 14.9 Å². The SMILES string of the molecule is CCCc1nc(N2CCN(C(=O)Nc3ccc(F)c(F)c3)CC2)c2c3c(sc2n1)C[C@H](C)CC3. The Morgan fingerprint density at radius 3 is 2.71 bits per heavy atom. The fraction of sp³-hybridized carbons (Fsp3) is 0.480. The summed E-state index contributed by atoms with van der Waals surface area (Å²) in [6, 6.07) is 3.06. The standard InChI is InChI=1S/C25H29F2N5OS/c1-3-4-21-29-23(22-17-7-5-15(2)13-20(17)34-24(22)30-21)31-9-11-32(12-10-31)25(33)28-16-6-8-18(26)19(27)14-16/h6,8,14-15H,3-5,7,9-13H2,1-2H3,(H,28,33)/t15-/m1/s1. The molecule has 9 heteroatoms. The molecule has 1 N–H and O–H groups in total. The molecule has 1 fully saturated rings. The first-order valence-corrected chi connectivity index (χ1v) is 12.8. The van der Waals surface area contributed by atoms with Crippen molar-refractivity contribution in [2.45, 2.75) is 46.0 Å². The molecule has 2 aromatic heterocycles. The van der Waals surface area contributed by atoms with E-state index in [0.717, 1.165) is 54.3 Å². The molecular formula is C25H29F2N5OS. The van der Waals surface area contributed by atoms with Crippen LogP contribution in [0.4, 0.5) is 25.1 Å². The van der Waals surface area contributed by atoms with E-state index in [4.69, 9.17) is 9.97 Å². The number of amides is 2. The van der Waals surface area contributed by atoms with E-state index in [2.05, 4.69) is 24.1 Å². The van der Waals surface area contributed by atoms with Crippen LogP contribution >= 0.6 is 11.3 Å². The number of nitrogens with zero attached hydrogens (tertiary/aromatic N) is 4. The van der Waals surface area contributed by atoms with Crippen LogP contribution in [0.15, 0.2) is 18.2 Å². The first kappa shape index (κ1) is 23.0. The molecule has 34 heavy (non-hydrogen) atoms. The molecule has 3 heterocycles. The van der Waals surface area contributed by atoms with E-state index < -0.39 is 11.6 Å². The third-order valence-electron chi connectivity index (χ3n) is 6.69. The van der Waals surface area contributed by atoms with Gasteiger partial charge >= 0.3 is 6.03 Å². The highest BCUT2D eigenvalue weighted by Crippen LogP contribution is 2.41. The lowest BCUT2D eigenvalue weighted by atomic mass is 9.89. The van der Waals surface area contributed by atoms with Gasteiger partial charge < -0.3 is 15.1 Å². The predicted molar refractivity (Wildman–Crippen MR) is 132 cm³/mol. The second-order valence-electron chi connectivity index (χ2n) is 9.28. The number of benzene rings is 1. The highest BCUT2D eigenvalue weighted by Gasteiger charge is 2.28. The van der Waals surface area contributed by atoms with E-state index in [1.807, 2.05) is 11.3 Å². The maximum Gasteiger partial charge on any atom is 0.321 e. The Balaban J connectivity index is 1.35. The first-order chi connectivity index (χ1) is 16.4. The molecule has 1 aliphatic carbocycles. The summed E-state index contributed by atoms with van der Waals surface area (Å²) in [5.41, 5.74) is 1.65. The normalized spacial score (nSPS) is 18.3. The van der Waals surface area contributed by atoms with Gasteiger partial charge in [-0.05, 0) is 49.3 Å². The molecule has 1 saturated heterocycles. The molecule has 0 saturated carbocycles. The van der Waals surface area contributed by atoms with Gasteiger partial charge in [-0.3, -0.25) is 0 Å². The fourth-order valence-corrected chi connectivity index (χ4v) is 6.22. The van der Waals surface area contributed by atoms with Crippen molar-refractivity contribution >= 4 is 39.1 Å². The summed E-state index contributed by atoms with van der Waals surface area (Å²) in [4.78, 5) is 29.1. The van der Waals surface area contributed by atoms with Crippen molar-refractivity contribution in [3.05, 3.63) is 46.1 Å². The summed E-state index contributed by atoms with van der Waals surface area (Å²) in [5, 5.41) is 3.87. The molecule has 2 aliphatic rings. The maximum absolute atomic E-state index is 13.5. The zero-order valence-corrected chi connectivity index (χ0v) is 20.4. The Bertz CT molecular complexity index is 1220. The van der Waals surface area contributed by atoms with Gasteiger partial charge in [-0.1, -0.05) is 13.8 Å². The van der Waals surface area contributed by atoms with Crippen LogP contribution in [0.25, 0.3) is 10.2 Å². The minimum absolute atomic E-state index is 0.243. The number of aromatic nitrogens is 2. The number of nitrogens with one attached hydrogen (secondary N) is 1. The van der Waals surface area contributed by atoms with Gasteiger partial charge in [-0.2, -0.15) is 0 Å². The van der Waals surface area contributed by atoms with Gasteiger partial charge in [0, 0.05) is 49.2 Å². The molecule has 1 aromatic carbocycles. The van der Waals surface area contributed by atoms with Gasteiger partial charge in [0.25, 0.3) is 0 Å². The number of rotatable bonds is 4. The lowest BCUT2D eigenvalue weighted by Gasteiger charge is -2.36. The van der Waals surface area contributed by atoms with Crippen LogP contribution in [0.2, 0.25) is 0 Å². The molecule has 1 atom stereocenters. The third-order valence-corrected chi connectivity index (χ3v) is 7.84. The van der Waals surface area contributed by atoms with Crippen molar-refractivity contribution in [3.63, 3.8) is 0 Å². The Morgan fingerprint density at radius 2 is 1.97 bits per heavy atom. The molecule has 180 valence electrons. The van der Waals surface area contributed by atoms with E-state index in [1.54, 1.807) is 4.90 Å². The van der Waals surface area contributed by atoms with Gasteiger partial charge in [-0.15, -0.1) is 11.3 Å². The molecule has 0 radical (unpaired) electrons. The number of piperazine rings is 1. The van der Waals surface area contributed by atoms with Crippen molar-refractivity contribution in [2.24, 2.45) is 5.92 Å². The Hall–Kier alpha value is -2.81. The summed E-state index contributed by atoms with van der Waals surface area (Å²) in [6.45, 7) is 6.81. The zero-order valence-electron chi connectivity index (χ0n) is 19.5. The minimum Gasteiger partial charge on any atom is -0.352 e. The smallest absolute Gasteiger partial charge is 0.321 e. The fourth-order valence-electron chi connectivity index (χ4n) is 4.83. The molecule has 2 amide bonds. The number of carbonyl (C=O) groups excluding carboxylic acids is 1. The van der Waals surface area contributed by atoms with Crippen LogP contribution in [0.3, 0.4) is 0 Å². The topological polar surface area (TPSA) is 61.4 Å². The Kier molecular flexibility index (Phi) is 6.38. The number of anilines is 2. The van der Waals surface area contributed by atoms with Crippen molar-refractivity contribution < 1.29 is 13.6 Å². The van der Waals surface area contributed by atoms with E-state index >= 15 is 0 Å². The van der Waals surface area contributed by atoms with Gasteiger partial charge in [-0.25, -0.2) is 23.5 Å². The predicted octanol–water partition coefficient (Wildman–Crippen LogP) is 5.40. The van der Waals surface area contributed by atoms with Gasteiger partial charge in [0.1, 0.15) is 16.5 Å². The third kappa shape index (κ3) is 4.45. The molecule has 3 aromatic rings. The molecule has 0 unspecified atom stereocenters. The minimum atomic E-state index is -0.980.